The van der Waals surface area contributed by atoms with Crippen LogP contribution in [0.15, 0.2) is 99.6 Å². The van der Waals surface area contributed by atoms with Crippen LogP contribution in [0.1, 0.15) is 85.6 Å². The van der Waals surface area contributed by atoms with Gasteiger partial charge in [-0.15, -0.1) is 41.8 Å². The molecule has 6 bridgehead atoms. The van der Waals surface area contributed by atoms with E-state index >= 15 is 0 Å². The van der Waals surface area contributed by atoms with Crippen LogP contribution in [0.2, 0.25) is 56.9 Å². The van der Waals surface area contributed by atoms with Crippen LogP contribution in [0.4, 0.5) is 0 Å². The number of nitrogens with zero attached hydrogens (tertiary/aromatic N) is 3. The van der Waals surface area contributed by atoms with E-state index in [4.69, 9.17) is 17.2 Å². The molecule has 2 radical (unpaired) electrons. The second-order valence-corrected chi connectivity index (χ2v) is 41.6. The zero-order valence-corrected chi connectivity index (χ0v) is 74.4. The summed E-state index contributed by atoms with van der Waals surface area (Å²) in [5, 5.41) is 2.48. The normalized spacial score (nSPS) is 23.4. The predicted octanol–water partition coefficient (Wildman–Crippen LogP) is 8.67. The van der Waals surface area contributed by atoms with Crippen molar-refractivity contribution in [3.05, 3.63) is 108 Å². The van der Waals surface area contributed by atoms with Gasteiger partial charge < -0.3 is 31.9 Å². The molecule has 3 N–H and O–H groups in total. The maximum absolute atomic E-state index is 7.32. The van der Waals surface area contributed by atoms with Crippen LogP contribution < -0.4 is 175 Å². The number of fused-ring (bicyclic) bond motifs is 9. The van der Waals surface area contributed by atoms with Gasteiger partial charge in [0.15, 0.2) is 0 Å². The molecule has 9 aliphatic rings. The van der Waals surface area contributed by atoms with Crippen LogP contribution in [0.25, 0.3) is 17.2 Å². The van der Waals surface area contributed by atoms with Gasteiger partial charge in [0.2, 0.25) is 0 Å². The van der Waals surface area contributed by atoms with Gasteiger partial charge >= 0.3 is 244 Å². The second-order valence-electron chi connectivity index (χ2n) is 20.5. The molecule has 9 aliphatic heterocycles. The van der Waals surface area contributed by atoms with Gasteiger partial charge in [0.25, 0.3) is 0 Å². The van der Waals surface area contributed by atoms with E-state index in [1.165, 1.54) is 112 Å². The topological polar surface area (TPSA) is 81.1 Å². The SMILES string of the molecule is CB(C)B(C)C.CC.CC.CC[NH-].CC[NH-].[CH3][Sn]([CH3])[CH3].[CH3][Sn]([CH3])[CH3].[NH-]Cc1ccc(S[C@H]2CN3CCC2CC3)cc1.[Rb+].[Rb+].[Rb+].c1ccc(S[C@H]2CN3CCC2CC3)cc1.c1ccc(S[C@H]2CN3CCC2CC3)cc1. The Bertz CT molecular complexity index is 1530. The number of nitrogens with one attached hydrogen (secondary N) is 3. The molecule has 0 spiro atoms. The van der Waals surface area contributed by atoms with Crippen molar-refractivity contribution in [3.63, 3.8) is 0 Å². The van der Waals surface area contributed by atoms with Gasteiger partial charge in [0.05, 0.1) is 0 Å². The fourth-order valence-corrected chi connectivity index (χ4v) is 12.6. The average Bonchev–Trinajstić information content (AvgIpc) is 3.38. The Morgan fingerprint density at radius 1 is 0.432 bits per heavy atom. The Labute approximate surface area is 635 Å². The summed E-state index contributed by atoms with van der Waals surface area (Å²) in [5.41, 5.74) is 20.9. The molecule has 3 aromatic rings. The van der Waals surface area contributed by atoms with Crippen LogP contribution in [-0.2, 0) is 6.54 Å². The van der Waals surface area contributed by atoms with Crippen molar-refractivity contribution in [1.29, 1.82) is 0 Å². The zero-order valence-electron chi connectivity index (χ0n) is 51.5. The van der Waals surface area contributed by atoms with Crippen molar-refractivity contribution in [1.82, 2.24) is 14.7 Å². The molecule has 404 valence electrons. The first-order valence-corrected chi connectivity index (χ1v) is 47.7. The Balaban J connectivity index is -0.000000404. The Hall–Kier alpha value is 5.61. The average molecular weight is 1500 g/mol. The summed E-state index contributed by atoms with van der Waals surface area (Å²) in [6.45, 7) is 35.5. The first-order valence-electron chi connectivity index (χ1n) is 28.0. The smallest absolute Gasteiger partial charge is 0.674 e. The van der Waals surface area contributed by atoms with E-state index in [0.29, 0.717) is 19.6 Å². The first-order chi connectivity index (χ1) is 34.1. The molecule has 0 aromatic heterocycles. The van der Waals surface area contributed by atoms with Gasteiger partial charge in [-0.1, -0.05) is 123 Å². The standard InChI is InChI=1S/C14H19N2S.2C13H17NS.C4H12B2.2C2H6N.2C2H6.6CH3.3Rb.2Sn/c15-9-11-1-3-13(4-2-11)17-14-10-16-7-5-12(14)6-8-16;2*1-2-4-12(5-3-1)15-13-10-14-8-6-11(13)7-9-14;1-5(2)6(3)4;2*1-2-3;2*1-2;;;;;;;;;;;/h1-4,12,14-15H,5-10H2;2*1-5,11,13H,6-10H2;1-4H3;2*3H,2H2,1H3;2*1-2H3;6*1H3;;;;;/q-1;;;;2*-1;;;;;;;;;3*+1;;/t14-;2*13-;;;;;;;;;;;;;;;;/m000................/s1. The minimum atomic E-state index is -0.543. The van der Waals surface area contributed by atoms with E-state index in [9.17, 15) is 0 Å². The maximum Gasteiger partial charge on any atom is 1.00 e. The number of hydrogen-bond acceptors (Lipinski definition) is 6. The summed E-state index contributed by atoms with van der Waals surface area (Å²) in [6.07, 6.45) is 8.47. The number of piperidine rings is 9. The van der Waals surface area contributed by atoms with E-state index in [0.717, 1.165) is 52.3 Å². The third-order valence-electron chi connectivity index (χ3n) is 12.6. The summed E-state index contributed by atoms with van der Waals surface area (Å²) in [7, 11) is 0. The largest absolute Gasteiger partial charge is 1.00 e. The fourth-order valence-electron chi connectivity index (χ4n) is 8.34. The fraction of sp³-hybridized carbons (Fsp3) is 0.690. The van der Waals surface area contributed by atoms with Gasteiger partial charge in [-0.3, -0.25) is 0 Å². The predicted molar refractivity (Wildman–Crippen MR) is 338 cm³/mol. The second kappa shape index (κ2) is 56.4. The monoisotopic (exact) mass is 1500 g/mol. The van der Waals surface area contributed by atoms with E-state index in [2.05, 4.69) is 180 Å². The van der Waals surface area contributed by atoms with Gasteiger partial charge in [-0.2, -0.15) is 13.1 Å². The van der Waals surface area contributed by atoms with E-state index in [1.54, 1.807) is 13.8 Å². The van der Waals surface area contributed by atoms with Crippen molar-refractivity contribution in [2.75, 3.05) is 72.0 Å². The molecule has 74 heavy (non-hydrogen) atoms. The Morgan fingerprint density at radius 2 is 0.649 bits per heavy atom. The molecule has 12 rings (SSSR count). The van der Waals surface area contributed by atoms with Crippen molar-refractivity contribution in [2.45, 2.75) is 174 Å². The quantitative estimate of drug-likeness (QED) is 0.210. The summed E-state index contributed by atoms with van der Waals surface area (Å²) in [6, 6.07) is 30.3. The van der Waals surface area contributed by atoms with Crippen LogP contribution in [0.5, 0.6) is 0 Å². The third-order valence-corrected chi connectivity index (χ3v) is 16.7. The van der Waals surface area contributed by atoms with Crippen LogP contribution >= 0.6 is 35.3 Å². The molecule has 6 nitrogen and oxygen atoms in total. The van der Waals surface area contributed by atoms with Crippen molar-refractivity contribution < 1.29 is 175 Å². The summed E-state index contributed by atoms with van der Waals surface area (Å²) >= 11 is 5.13. The van der Waals surface area contributed by atoms with Crippen molar-refractivity contribution in [3.8, 4) is 0 Å². The van der Waals surface area contributed by atoms with Gasteiger partial charge in [-0.25, -0.2) is 0 Å². The molecule has 0 aliphatic carbocycles. The molecule has 9 heterocycles. The van der Waals surface area contributed by atoms with Crippen molar-refractivity contribution >= 4 is 88.0 Å². The molecule has 9 fully saturated rings. The number of thioether (sulfide) groups is 3. The van der Waals surface area contributed by atoms with E-state index in [1.807, 2.05) is 39.5 Å². The van der Waals surface area contributed by atoms with E-state index in [-0.39, 0.29) is 175 Å². The molecule has 3 aromatic carbocycles. The Kier molecular flexibility index (Phi) is 65.6. The molecular formula is C58H107B2N6Rb3S3Sn2. The summed E-state index contributed by atoms with van der Waals surface area (Å²) in [5.74, 6) is 2.88. The number of benzene rings is 3. The molecular weight excluding hydrogens is 1390 g/mol. The summed E-state index contributed by atoms with van der Waals surface area (Å²) in [4.78, 5) is 26.3. The van der Waals surface area contributed by atoms with Crippen LogP contribution in [-0.4, -0.2) is 155 Å². The minimum Gasteiger partial charge on any atom is -0.674 e. The van der Waals surface area contributed by atoms with Crippen molar-refractivity contribution in [2.24, 2.45) is 17.8 Å². The minimum absolute atomic E-state index is 0. The van der Waals surface area contributed by atoms with Crippen LogP contribution in [0, 0.1) is 17.8 Å². The van der Waals surface area contributed by atoms with Gasteiger partial charge in [0.1, 0.15) is 13.2 Å². The van der Waals surface area contributed by atoms with E-state index < -0.39 is 39.5 Å². The van der Waals surface area contributed by atoms with Gasteiger partial charge in [0, 0.05) is 50.1 Å². The first kappa shape index (κ1) is 86.1. The van der Waals surface area contributed by atoms with Crippen LogP contribution in [0.3, 0.4) is 0 Å². The maximum atomic E-state index is 7.32. The molecule has 3 atom stereocenters. The Morgan fingerprint density at radius 3 is 0.824 bits per heavy atom. The molecule has 16 heteroatoms. The summed E-state index contributed by atoms with van der Waals surface area (Å²) < 4.78 is 0. The molecule has 9 saturated heterocycles. The molecule has 0 amide bonds. The number of rotatable bonds is 8. The third kappa shape index (κ3) is 42.4. The molecule has 0 saturated carbocycles. The van der Waals surface area contributed by atoms with Gasteiger partial charge in [-0.05, 0) is 132 Å². The number of hydrogen-bond donors (Lipinski definition) is 0. The zero-order chi connectivity index (χ0) is 53.6. The molecule has 0 unspecified atom stereocenters.